The summed E-state index contributed by atoms with van der Waals surface area (Å²) in [4.78, 5) is 32.5. The fourth-order valence-electron chi connectivity index (χ4n) is 5.46. The predicted octanol–water partition coefficient (Wildman–Crippen LogP) is 4.39. The number of carbonyl (C=O) groups is 2. The third kappa shape index (κ3) is 5.76. The minimum atomic E-state index is -5.13. The van der Waals surface area contributed by atoms with Gasteiger partial charge in [-0.3, -0.25) is 9.59 Å². The summed E-state index contributed by atoms with van der Waals surface area (Å²) in [6, 6.07) is 10.0. The molecule has 2 aliphatic heterocycles. The molecule has 4 rings (SSSR count). The number of aromatic nitrogens is 1. The van der Waals surface area contributed by atoms with E-state index in [0.717, 1.165) is 55.2 Å². The fourth-order valence-corrected chi connectivity index (χ4v) is 5.70. The monoisotopic (exact) mass is 552 g/mol. The molecule has 0 spiro atoms. The van der Waals surface area contributed by atoms with E-state index < -0.39 is 23.2 Å². The molecule has 1 aromatic carbocycles. The van der Waals surface area contributed by atoms with Crippen molar-refractivity contribution >= 4 is 29.2 Å². The Morgan fingerprint density at radius 2 is 1.58 bits per heavy atom. The van der Waals surface area contributed by atoms with E-state index in [4.69, 9.17) is 11.6 Å². The lowest BCUT2D eigenvalue weighted by molar-refractivity contribution is -0.262. The minimum Gasteiger partial charge on any atom is -0.369 e. The van der Waals surface area contributed by atoms with Gasteiger partial charge >= 0.3 is 6.18 Å². The summed E-state index contributed by atoms with van der Waals surface area (Å²) in [5, 5.41) is 13.3. The molecule has 1 atom stereocenters. The van der Waals surface area contributed by atoms with Gasteiger partial charge < -0.3 is 20.2 Å². The number of carbonyl (C=O) groups excluding carboxylic acids is 2. The average Bonchev–Trinajstić information content (AvgIpc) is 2.92. The highest BCUT2D eigenvalue weighted by atomic mass is 35.5. The minimum absolute atomic E-state index is 0.162. The Labute approximate surface area is 225 Å². The third-order valence-electron chi connectivity index (χ3n) is 7.72. The van der Waals surface area contributed by atoms with Crippen molar-refractivity contribution in [1.29, 1.82) is 0 Å². The van der Waals surface area contributed by atoms with Crippen LogP contribution in [-0.2, 0) is 10.4 Å². The molecule has 7 nitrogen and oxygen atoms in total. The van der Waals surface area contributed by atoms with Crippen LogP contribution in [0, 0.1) is 11.8 Å². The molecule has 2 saturated heterocycles. The first-order chi connectivity index (χ1) is 18.0. The van der Waals surface area contributed by atoms with E-state index in [1.807, 2.05) is 0 Å². The zero-order valence-corrected chi connectivity index (χ0v) is 21.9. The number of nitrogens with zero attached hydrogens (tertiary/aromatic N) is 3. The molecule has 206 valence electrons. The summed E-state index contributed by atoms with van der Waals surface area (Å²) in [5.74, 6) is -0.0926. The Morgan fingerprint density at radius 3 is 2.11 bits per heavy atom. The Hall–Kier alpha value is -2.85. The van der Waals surface area contributed by atoms with Crippen molar-refractivity contribution in [1.82, 2.24) is 15.2 Å². The van der Waals surface area contributed by atoms with Crippen LogP contribution in [0.15, 0.2) is 42.5 Å². The van der Waals surface area contributed by atoms with Gasteiger partial charge in [0.2, 0.25) is 0 Å². The molecule has 2 aromatic rings. The first-order valence-electron chi connectivity index (χ1n) is 12.8. The Balaban J connectivity index is 1.29. The average molecular weight is 553 g/mol. The highest BCUT2D eigenvalue weighted by molar-refractivity contribution is 6.32. The second kappa shape index (κ2) is 11.5. The maximum atomic E-state index is 13.9. The van der Waals surface area contributed by atoms with Gasteiger partial charge in [-0.15, -0.1) is 0 Å². The second-order valence-electron chi connectivity index (χ2n) is 10.1. The molecule has 0 saturated carbocycles. The van der Waals surface area contributed by atoms with Gasteiger partial charge in [0, 0.05) is 38.8 Å². The lowest BCUT2D eigenvalue weighted by atomic mass is 9.82. The molecule has 0 aliphatic carbocycles. The van der Waals surface area contributed by atoms with Crippen LogP contribution >= 0.6 is 11.6 Å². The summed E-state index contributed by atoms with van der Waals surface area (Å²) in [5.41, 5.74) is -3.69. The fraction of sp³-hybridized carbons (Fsp3) is 0.519. The number of amides is 2. The molecule has 2 N–H and O–H groups in total. The lowest BCUT2D eigenvalue weighted by Crippen LogP contribution is -2.57. The van der Waals surface area contributed by atoms with Crippen molar-refractivity contribution in [3.8, 4) is 0 Å². The summed E-state index contributed by atoms with van der Waals surface area (Å²) in [6.45, 7) is 1.96. The van der Waals surface area contributed by atoms with Crippen LogP contribution in [0.2, 0.25) is 5.15 Å². The van der Waals surface area contributed by atoms with Crippen LogP contribution < -0.4 is 10.2 Å². The number of benzene rings is 1. The zero-order valence-electron chi connectivity index (χ0n) is 21.2. The highest BCUT2D eigenvalue weighted by Gasteiger charge is 2.62. The summed E-state index contributed by atoms with van der Waals surface area (Å²) < 4.78 is 41.7. The topological polar surface area (TPSA) is 85.8 Å². The van der Waals surface area contributed by atoms with Gasteiger partial charge in [0.1, 0.15) is 11.0 Å². The molecule has 11 heteroatoms. The molecular formula is C27H32ClF3N4O3. The van der Waals surface area contributed by atoms with Crippen LogP contribution in [-0.4, -0.2) is 66.2 Å². The van der Waals surface area contributed by atoms with E-state index in [0.29, 0.717) is 30.2 Å². The Bertz CT molecular complexity index is 1130. The van der Waals surface area contributed by atoms with Crippen molar-refractivity contribution in [2.45, 2.75) is 43.9 Å². The van der Waals surface area contributed by atoms with Crippen molar-refractivity contribution in [2.24, 2.45) is 11.8 Å². The Morgan fingerprint density at radius 1 is 1.00 bits per heavy atom. The predicted molar refractivity (Wildman–Crippen MR) is 138 cm³/mol. The number of hydrogen-bond acceptors (Lipinski definition) is 5. The molecule has 0 unspecified atom stereocenters. The normalized spacial score (nSPS) is 19.2. The van der Waals surface area contributed by atoms with Crippen molar-refractivity contribution in [3.05, 3.63) is 58.7 Å². The molecule has 3 heterocycles. The van der Waals surface area contributed by atoms with Gasteiger partial charge in [0.05, 0.1) is 5.56 Å². The molecule has 1 aromatic heterocycles. The van der Waals surface area contributed by atoms with Crippen LogP contribution in [0.4, 0.5) is 19.0 Å². The van der Waals surface area contributed by atoms with E-state index in [-0.39, 0.29) is 24.1 Å². The summed E-state index contributed by atoms with van der Waals surface area (Å²) >= 11 is 6.20. The molecule has 0 radical (unpaired) electrons. The molecule has 38 heavy (non-hydrogen) atoms. The maximum Gasteiger partial charge on any atom is 0.430 e. The highest BCUT2D eigenvalue weighted by Crippen LogP contribution is 2.41. The number of likely N-dealkylation sites (tertiary alicyclic amines) is 1. The number of nitrogens with one attached hydrogen (secondary N) is 1. The smallest absolute Gasteiger partial charge is 0.369 e. The van der Waals surface area contributed by atoms with Gasteiger partial charge in [-0.1, -0.05) is 41.9 Å². The number of alkyl halides is 3. The number of anilines is 1. The van der Waals surface area contributed by atoms with Gasteiger partial charge in [0.15, 0.2) is 0 Å². The number of hydrogen-bond donors (Lipinski definition) is 2. The quantitative estimate of drug-likeness (QED) is 0.519. The van der Waals surface area contributed by atoms with Crippen LogP contribution in [0.3, 0.4) is 0 Å². The standard InChI is InChI=1S/C27H32ClF3N4O3/c1-32-24(36)21-7-8-22(33-23(21)28)34-13-9-18(10-14-34)17-19-11-15-35(16-12-19)25(37)26(38,27(29,30)31)20-5-3-2-4-6-20/h2-8,18-19,38H,9-17H2,1H3,(H,32,36)/t26-/m1/s1. The van der Waals surface area contributed by atoms with E-state index >= 15 is 0 Å². The van der Waals surface area contributed by atoms with Crippen molar-refractivity contribution in [3.63, 3.8) is 0 Å². The van der Waals surface area contributed by atoms with Crippen molar-refractivity contribution in [2.75, 3.05) is 38.1 Å². The molecular weight excluding hydrogens is 521 g/mol. The van der Waals surface area contributed by atoms with Crippen LogP contribution in [0.5, 0.6) is 0 Å². The molecule has 2 aliphatic rings. The first kappa shape index (κ1) is 28.2. The molecule has 2 amide bonds. The number of pyridine rings is 1. The van der Waals surface area contributed by atoms with E-state index in [9.17, 15) is 27.9 Å². The van der Waals surface area contributed by atoms with Gasteiger partial charge in [-0.2, -0.15) is 13.2 Å². The van der Waals surface area contributed by atoms with Gasteiger partial charge in [-0.25, -0.2) is 4.98 Å². The van der Waals surface area contributed by atoms with Gasteiger partial charge in [-0.05, 0) is 56.1 Å². The molecule has 2 fully saturated rings. The summed E-state index contributed by atoms with van der Waals surface area (Å²) in [6.07, 6.45) is -1.09. The SMILES string of the molecule is CNC(=O)c1ccc(N2CCC(CC3CCN(C(=O)[C@](O)(c4ccccc4)C(F)(F)F)CC3)CC2)nc1Cl. The van der Waals surface area contributed by atoms with E-state index in [2.05, 4.69) is 15.2 Å². The zero-order chi connectivity index (χ0) is 27.5. The largest absolute Gasteiger partial charge is 0.430 e. The number of piperidine rings is 2. The van der Waals surface area contributed by atoms with Gasteiger partial charge in [0.25, 0.3) is 17.4 Å². The van der Waals surface area contributed by atoms with Crippen LogP contribution in [0.1, 0.15) is 48.0 Å². The van der Waals surface area contributed by atoms with Crippen LogP contribution in [0.25, 0.3) is 0 Å². The third-order valence-corrected chi connectivity index (χ3v) is 8.01. The second-order valence-corrected chi connectivity index (χ2v) is 10.4. The maximum absolute atomic E-state index is 13.9. The molecule has 0 bridgehead atoms. The number of halogens is 4. The lowest BCUT2D eigenvalue weighted by Gasteiger charge is -2.40. The van der Waals surface area contributed by atoms with E-state index in [1.165, 1.54) is 25.2 Å². The number of aliphatic hydroxyl groups is 1. The van der Waals surface area contributed by atoms with E-state index in [1.54, 1.807) is 12.1 Å². The summed E-state index contributed by atoms with van der Waals surface area (Å²) in [7, 11) is 1.53. The number of rotatable bonds is 6. The first-order valence-corrected chi connectivity index (χ1v) is 13.2. The Kier molecular flexibility index (Phi) is 8.52. The van der Waals surface area contributed by atoms with Crippen molar-refractivity contribution < 1.29 is 27.9 Å².